The summed E-state index contributed by atoms with van der Waals surface area (Å²) in [7, 11) is 0.557. The van der Waals surface area contributed by atoms with Gasteiger partial charge in [-0.15, -0.1) is 0 Å². The van der Waals surface area contributed by atoms with E-state index in [-0.39, 0.29) is 5.97 Å². The second-order valence-electron chi connectivity index (χ2n) is 5.14. The maximum absolute atomic E-state index is 13.0. The van der Waals surface area contributed by atoms with E-state index in [1.54, 1.807) is 6.92 Å². The summed E-state index contributed by atoms with van der Waals surface area (Å²) in [5.41, 5.74) is 0. The van der Waals surface area contributed by atoms with Crippen molar-refractivity contribution in [3.63, 3.8) is 0 Å². The van der Waals surface area contributed by atoms with E-state index < -0.39 is 15.5 Å². The molecular formula is C15H21NO3S. The van der Waals surface area contributed by atoms with Gasteiger partial charge in [0, 0.05) is 11.4 Å². The van der Waals surface area contributed by atoms with Crippen LogP contribution in [0.5, 0.6) is 0 Å². The number of benzene rings is 1. The molecule has 1 saturated heterocycles. The molecule has 1 fully saturated rings. The van der Waals surface area contributed by atoms with Gasteiger partial charge in [-0.3, -0.25) is 9.00 Å². The first-order valence-corrected chi connectivity index (χ1v) is 8.08. The van der Waals surface area contributed by atoms with Crippen molar-refractivity contribution in [2.45, 2.75) is 29.4 Å². The molecule has 0 radical (unpaired) electrons. The number of nitrogens with zero attached hydrogens (tertiary/aromatic N) is 1. The van der Waals surface area contributed by atoms with Gasteiger partial charge in [0.15, 0.2) is 4.75 Å². The highest BCUT2D eigenvalue weighted by Crippen LogP contribution is 2.32. The molecule has 0 amide bonds. The summed E-state index contributed by atoms with van der Waals surface area (Å²) < 4.78 is 17.2. The number of esters is 1. The van der Waals surface area contributed by atoms with Gasteiger partial charge >= 0.3 is 5.97 Å². The molecule has 110 valence electrons. The highest BCUT2D eigenvalue weighted by molar-refractivity contribution is 7.87. The summed E-state index contributed by atoms with van der Waals surface area (Å²) in [4.78, 5) is 15.2. The Labute approximate surface area is 122 Å². The number of rotatable bonds is 4. The molecule has 1 aliphatic rings. The molecule has 0 bridgehead atoms. The molecule has 0 saturated carbocycles. The molecule has 4 nitrogen and oxygen atoms in total. The normalized spacial score (nSPS) is 25.1. The SMILES string of the molecule is CCOC(=O)C1(S(=O)c2ccccc2)CCCN(C)C1. The predicted octanol–water partition coefficient (Wildman–Crippen LogP) is 1.82. The van der Waals surface area contributed by atoms with Gasteiger partial charge in [-0.2, -0.15) is 0 Å². The lowest BCUT2D eigenvalue weighted by molar-refractivity contribution is -0.147. The number of hydrogen-bond donors (Lipinski definition) is 0. The third kappa shape index (κ3) is 2.94. The fraction of sp³-hybridized carbons (Fsp3) is 0.533. The summed E-state index contributed by atoms with van der Waals surface area (Å²) in [6.07, 6.45) is 1.46. The van der Waals surface area contributed by atoms with Crippen LogP contribution < -0.4 is 0 Å². The Morgan fingerprint density at radius 3 is 2.70 bits per heavy atom. The first-order chi connectivity index (χ1) is 9.60. The van der Waals surface area contributed by atoms with Crippen molar-refractivity contribution in [3.8, 4) is 0 Å². The maximum atomic E-state index is 13.0. The largest absolute Gasteiger partial charge is 0.465 e. The van der Waals surface area contributed by atoms with Crippen LogP contribution in [-0.4, -0.2) is 46.6 Å². The van der Waals surface area contributed by atoms with Crippen molar-refractivity contribution < 1.29 is 13.7 Å². The monoisotopic (exact) mass is 295 g/mol. The third-order valence-corrected chi connectivity index (χ3v) is 5.52. The second kappa shape index (κ2) is 6.50. The van der Waals surface area contributed by atoms with Crippen LogP contribution in [0.3, 0.4) is 0 Å². The smallest absolute Gasteiger partial charge is 0.326 e. The van der Waals surface area contributed by atoms with Crippen LogP contribution in [0.2, 0.25) is 0 Å². The molecule has 2 atom stereocenters. The van der Waals surface area contributed by atoms with E-state index in [2.05, 4.69) is 4.90 Å². The van der Waals surface area contributed by atoms with Crippen LogP contribution >= 0.6 is 0 Å². The molecule has 20 heavy (non-hydrogen) atoms. The quantitative estimate of drug-likeness (QED) is 0.795. The lowest BCUT2D eigenvalue weighted by Crippen LogP contribution is -2.55. The van der Waals surface area contributed by atoms with Gasteiger partial charge in [0.2, 0.25) is 0 Å². The van der Waals surface area contributed by atoms with Crippen molar-refractivity contribution in [2.24, 2.45) is 0 Å². The number of carbonyl (C=O) groups is 1. The Morgan fingerprint density at radius 1 is 1.40 bits per heavy atom. The Hall–Kier alpha value is -1.20. The topological polar surface area (TPSA) is 46.6 Å². The molecule has 1 aromatic rings. The highest BCUT2D eigenvalue weighted by Gasteiger charge is 2.48. The number of likely N-dealkylation sites (tertiary alicyclic amines) is 1. The van der Waals surface area contributed by atoms with Gasteiger partial charge in [0.1, 0.15) is 0 Å². The number of hydrogen-bond acceptors (Lipinski definition) is 4. The predicted molar refractivity (Wildman–Crippen MR) is 78.9 cm³/mol. The van der Waals surface area contributed by atoms with Gasteiger partial charge in [-0.1, -0.05) is 18.2 Å². The maximum Gasteiger partial charge on any atom is 0.326 e. The fourth-order valence-electron chi connectivity index (χ4n) is 2.65. The molecule has 2 unspecified atom stereocenters. The van der Waals surface area contributed by atoms with Crippen LogP contribution in [0, 0.1) is 0 Å². The van der Waals surface area contributed by atoms with Crippen LogP contribution in [0.25, 0.3) is 0 Å². The van der Waals surface area contributed by atoms with E-state index in [0.717, 1.165) is 13.0 Å². The van der Waals surface area contributed by atoms with E-state index in [1.807, 2.05) is 37.4 Å². The number of ether oxygens (including phenoxy) is 1. The molecule has 0 N–H and O–H groups in total. The molecule has 0 aromatic heterocycles. The zero-order valence-corrected chi connectivity index (χ0v) is 12.8. The Balaban J connectivity index is 2.36. The minimum absolute atomic E-state index is 0.316. The summed E-state index contributed by atoms with van der Waals surface area (Å²) in [5.74, 6) is -0.339. The van der Waals surface area contributed by atoms with Gasteiger partial charge < -0.3 is 9.64 Å². The van der Waals surface area contributed by atoms with Crippen molar-refractivity contribution in [1.82, 2.24) is 4.90 Å². The van der Waals surface area contributed by atoms with Crippen molar-refractivity contribution in [3.05, 3.63) is 30.3 Å². The molecular weight excluding hydrogens is 274 g/mol. The zero-order chi connectivity index (χ0) is 14.6. The molecule has 2 rings (SSSR count). The first kappa shape index (κ1) is 15.2. The number of carbonyl (C=O) groups excluding carboxylic acids is 1. The van der Waals surface area contributed by atoms with Gasteiger partial charge in [0.25, 0.3) is 0 Å². The highest BCUT2D eigenvalue weighted by atomic mass is 32.2. The molecule has 1 aromatic carbocycles. The molecule has 1 heterocycles. The van der Waals surface area contributed by atoms with Crippen molar-refractivity contribution in [2.75, 3.05) is 26.7 Å². The van der Waals surface area contributed by atoms with Crippen LogP contribution in [-0.2, 0) is 20.3 Å². The lowest BCUT2D eigenvalue weighted by atomic mass is 9.97. The summed E-state index contributed by atoms with van der Waals surface area (Å²) >= 11 is 0. The van der Waals surface area contributed by atoms with E-state index >= 15 is 0 Å². The minimum Gasteiger partial charge on any atom is -0.465 e. The fourth-order valence-corrected chi connectivity index (χ4v) is 4.39. The van der Waals surface area contributed by atoms with E-state index in [1.165, 1.54) is 0 Å². The lowest BCUT2D eigenvalue weighted by Gasteiger charge is -2.38. The van der Waals surface area contributed by atoms with Gasteiger partial charge in [0.05, 0.1) is 17.4 Å². The average Bonchev–Trinajstić information content (AvgIpc) is 2.47. The van der Waals surface area contributed by atoms with Crippen LogP contribution in [0.1, 0.15) is 19.8 Å². The summed E-state index contributed by atoms with van der Waals surface area (Å²) in [6.45, 7) is 3.50. The second-order valence-corrected chi connectivity index (χ2v) is 6.93. The average molecular weight is 295 g/mol. The van der Waals surface area contributed by atoms with E-state index in [0.29, 0.717) is 24.5 Å². The zero-order valence-electron chi connectivity index (χ0n) is 12.0. The molecule has 5 heteroatoms. The Bertz CT molecular complexity index is 491. The third-order valence-electron chi connectivity index (χ3n) is 3.61. The standard InChI is InChI=1S/C15H21NO3S/c1-3-19-14(17)15(10-7-11-16(2)12-15)20(18)13-8-5-4-6-9-13/h4-6,8-9H,3,7,10-12H2,1-2H3. The van der Waals surface area contributed by atoms with E-state index in [4.69, 9.17) is 4.74 Å². The number of piperidine rings is 1. The minimum atomic E-state index is -1.40. The van der Waals surface area contributed by atoms with Crippen molar-refractivity contribution >= 4 is 16.8 Å². The molecule has 0 aliphatic carbocycles. The molecule has 0 spiro atoms. The van der Waals surface area contributed by atoms with Crippen LogP contribution in [0.15, 0.2) is 35.2 Å². The Morgan fingerprint density at radius 2 is 2.10 bits per heavy atom. The first-order valence-electron chi connectivity index (χ1n) is 6.93. The van der Waals surface area contributed by atoms with Gasteiger partial charge in [-0.05, 0) is 45.5 Å². The van der Waals surface area contributed by atoms with E-state index in [9.17, 15) is 9.00 Å². The molecule has 1 aliphatic heterocycles. The Kier molecular flexibility index (Phi) is 4.94. The summed E-state index contributed by atoms with van der Waals surface area (Å²) in [5, 5.41) is 0. The summed E-state index contributed by atoms with van der Waals surface area (Å²) in [6, 6.07) is 9.19. The van der Waals surface area contributed by atoms with Crippen molar-refractivity contribution in [1.29, 1.82) is 0 Å². The van der Waals surface area contributed by atoms with Crippen LogP contribution in [0.4, 0.5) is 0 Å². The van der Waals surface area contributed by atoms with Gasteiger partial charge in [-0.25, -0.2) is 0 Å².